The summed E-state index contributed by atoms with van der Waals surface area (Å²) < 4.78 is 10.9. The summed E-state index contributed by atoms with van der Waals surface area (Å²) in [5, 5.41) is 5.72. The van der Waals surface area contributed by atoms with E-state index < -0.39 is 0 Å². The summed E-state index contributed by atoms with van der Waals surface area (Å²) in [5.41, 5.74) is 0.627. The first-order valence-corrected chi connectivity index (χ1v) is 8.22. The highest BCUT2D eigenvalue weighted by Crippen LogP contribution is 2.24. The van der Waals surface area contributed by atoms with Gasteiger partial charge in [-0.05, 0) is 25.5 Å². The van der Waals surface area contributed by atoms with E-state index in [9.17, 15) is 9.59 Å². The van der Waals surface area contributed by atoms with Gasteiger partial charge >= 0.3 is 6.03 Å². The van der Waals surface area contributed by atoms with Crippen LogP contribution in [0.2, 0.25) is 0 Å². The minimum absolute atomic E-state index is 0.0194. The lowest BCUT2D eigenvalue weighted by Gasteiger charge is -2.19. The number of anilines is 1. The van der Waals surface area contributed by atoms with Crippen molar-refractivity contribution in [3.8, 4) is 5.75 Å². The average Bonchev–Trinajstić information content (AvgIpc) is 3.01. The highest BCUT2D eigenvalue weighted by molar-refractivity contribution is 5.91. The molecule has 0 saturated carbocycles. The largest absolute Gasteiger partial charge is 0.489 e. The van der Waals surface area contributed by atoms with Gasteiger partial charge in [-0.15, -0.1) is 0 Å². The van der Waals surface area contributed by atoms with Crippen molar-refractivity contribution in [1.29, 1.82) is 0 Å². The van der Waals surface area contributed by atoms with Gasteiger partial charge in [-0.1, -0.05) is 12.1 Å². The molecule has 1 heterocycles. The molecule has 1 fully saturated rings. The van der Waals surface area contributed by atoms with Crippen LogP contribution in [0.15, 0.2) is 24.3 Å². The Kier molecular flexibility index (Phi) is 6.87. The monoisotopic (exact) mass is 335 g/mol. The van der Waals surface area contributed by atoms with E-state index in [0.717, 1.165) is 6.42 Å². The summed E-state index contributed by atoms with van der Waals surface area (Å²) in [6, 6.07) is 7.14. The van der Waals surface area contributed by atoms with Crippen LogP contribution in [0.25, 0.3) is 0 Å². The van der Waals surface area contributed by atoms with Crippen LogP contribution in [0.5, 0.6) is 5.75 Å². The summed E-state index contributed by atoms with van der Waals surface area (Å²) in [4.78, 5) is 25.2. The molecule has 0 aliphatic carbocycles. The van der Waals surface area contributed by atoms with Gasteiger partial charge in [-0.3, -0.25) is 4.79 Å². The fourth-order valence-electron chi connectivity index (χ4n) is 2.59. The molecular weight excluding hydrogens is 310 g/mol. The van der Waals surface area contributed by atoms with Crippen LogP contribution in [-0.4, -0.2) is 55.8 Å². The molecule has 3 amide bonds. The zero-order valence-electron chi connectivity index (χ0n) is 14.2. The summed E-state index contributed by atoms with van der Waals surface area (Å²) in [7, 11) is 0. The molecule has 1 aromatic carbocycles. The summed E-state index contributed by atoms with van der Waals surface area (Å²) in [5.74, 6) is 0.540. The number of nitrogens with one attached hydrogen (secondary N) is 2. The van der Waals surface area contributed by atoms with Crippen molar-refractivity contribution >= 4 is 17.6 Å². The third kappa shape index (κ3) is 5.42. The number of hydrogen-bond donors (Lipinski definition) is 2. The Morgan fingerprint density at radius 2 is 2.08 bits per heavy atom. The Balaban J connectivity index is 1.88. The Morgan fingerprint density at radius 1 is 1.29 bits per heavy atom. The molecule has 24 heavy (non-hydrogen) atoms. The Morgan fingerprint density at radius 3 is 2.83 bits per heavy atom. The number of carbonyl (C=O) groups excluding carboxylic acids is 2. The number of para-hydroxylation sites is 2. The third-order valence-corrected chi connectivity index (χ3v) is 3.70. The predicted molar refractivity (Wildman–Crippen MR) is 91.2 cm³/mol. The molecule has 1 aromatic rings. The molecule has 7 heteroatoms. The van der Waals surface area contributed by atoms with Crippen molar-refractivity contribution in [2.24, 2.45) is 0 Å². The Labute approximate surface area is 142 Å². The number of nitrogens with zero attached hydrogens (tertiary/aromatic N) is 1. The van der Waals surface area contributed by atoms with Gasteiger partial charge in [0, 0.05) is 32.7 Å². The summed E-state index contributed by atoms with van der Waals surface area (Å²) >= 11 is 0. The maximum Gasteiger partial charge on any atom is 0.322 e. The van der Waals surface area contributed by atoms with Crippen molar-refractivity contribution in [2.45, 2.75) is 26.3 Å². The Hall–Kier alpha value is -2.28. The number of amides is 3. The van der Waals surface area contributed by atoms with Crippen LogP contribution in [0.3, 0.4) is 0 Å². The molecule has 1 aliphatic heterocycles. The van der Waals surface area contributed by atoms with Gasteiger partial charge in [0.2, 0.25) is 5.91 Å². The molecule has 1 atom stereocenters. The highest BCUT2D eigenvalue weighted by atomic mass is 16.5. The quantitative estimate of drug-likeness (QED) is 0.745. The molecule has 2 N–H and O–H groups in total. The van der Waals surface area contributed by atoms with E-state index in [2.05, 4.69) is 10.6 Å². The standard InChI is InChI=1S/C17H25N3O4/c1-3-23-10-11-24-16-7-5-4-6-15(16)19-17(22)20-9-8-14(12-20)18-13(2)21/h4-7,14H,3,8-12H2,1-2H3,(H,18,21)(H,19,22)/t14-/m1/s1. The van der Waals surface area contributed by atoms with Crippen LogP contribution in [-0.2, 0) is 9.53 Å². The highest BCUT2D eigenvalue weighted by Gasteiger charge is 2.27. The molecule has 0 radical (unpaired) electrons. The van der Waals surface area contributed by atoms with E-state index in [4.69, 9.17) is 9.47 Å². The topological polar surface area (TPSA) is 79.9 Å². The van der Waals surface area contributed by atoms with E-state index >= 15 is 0 Å². The zero-order valence-corrected chi connectivity index (χ0v) is 14.2. The number of urea groups is 1. The summed E-state index contributed by atoms with van der Waals surface area (Å²) in [6.07, 6.45) is 0.763. The smallest absolute Gasteiger partial charge is 0.322 e. The maximum absolute atomic E-state index is 12.4. The molecule has 0 bridgehead atoms. The van der Waals surface area contributed by atoms with Gasteiger partial charge < -0.3 is 25.0 Å². The molecule has 7 nitrogen and oxygen atoms in total. The second kappa shape index (κ2) is 9.12. The number of hydrogen-bond acceptors (Lipinski definition) is 4. The van der Waals surface area contributed by atoms with Crippen molar-refractivity contribution in [2.75, 3.05) is 38.2 Å². The molecule has 0 spiro atoms. The van der Waals surface area contributed by atoms with Gasteiger partial charge in [0.25, 0.3) is 0 Å². The number of benzene rings is 1. The first-order valence-electron chi connectivity index (χ1n) is 8.22. The minimum atomic E-state index is -0.191. The SMILES string of the molecule is CCOCCOc1ccccc1NC(=O)N1CC[C@@H](NC(C)=O)C1. The number of rotatable bonds is 7. The lowest BCUT2D eigenvalue weighted by atomic mass is 10.3. The van der Waals surface area contributed by atoms with Gasteiger partial charge in [-0.2, -0.15) is 0 Å². The fourth-order valence-corrected chi connectivity index (χ4v) is 2.59. The lowest BCUT2D eigenvalue weighted by molar-refractivity contribution is -0.119. The van der Waals surface area contributed by atoms with Crippen molar-refractivity contribution in [3.05, 3.63) is 24.3 Å². The van der Waals surface area contributed by atoms with Crippen LogP contribution in [0, 0.1) is 0 Å². The Bertz CT molecular complexity index is 565. The molecule has 1 aliphatic rings. The van der Waals surface area contributed by atoms with Crippen LogP contribution >= 0.6 is 0 Å². The average molecular weight is 335 g/mol. The van der Waals surface area contributed by atoms with Crippen LogP contribution in [0.4, 0.5) is 10.5 Å². The molecule has 1 saturated heterocycles. The molecule has 2 rings (SSSR count). The van der Waals surface area contributed by atoms with E-state index in [1.54, 1.807) is 11.0 Å². The first-order chi connectivity index (χ1) is 11.6. The van der Waals surface area contributed by atoms with E-state index in [-0.39, 0.29) is 18.0 Å². The predicted octanol–water partition coefficient (Wildman–Crippen LogP) is 1.84. The second-order valence-corrected chi connectivity index (χ2v) is 5.60. The first kappa shape index (κ1) is 18.1. The molecule has 132 valence electrons. The van der Waals surface area contributed by atoms with E-state index in [1.165, 1.54) is 6.92 Å². The normalized spacial score (nSPS) is 16.8. The third-order valence-electron chi connectivity index (χ3n) is 3.70. The van der Waals surface area contributed by atoms with E-state index in [0.29, 0.717) is 44.3 Å². The van der Waals surface area contributed by atoms with Crippen molar-refractivity contribution < 1.29 is 19.1 Å². The summed E-state index contributed by atoms with van der Waals surface area (Å²) in [6.45, 7) is 6.12. The zero-order chi connectivity index (χ0) is 17.4. The van der Waals surface area contributed by atoms with Gasteiger partial charge in [-0.25, -0.2) is 4.79 Å². The fraction of sp³-hybridized carbons (Fsp3) is 0.529. The van der Waals surface area contributed by atoms with E-state index in [1.807, 2.05) is 25.1 Å². The molecule has 0 unspecified atom stereocenters. The van der Waals surface area contributed by atoms with Crippen molar-refractivity contribution in [1.82, 2.24) is 10.2 Å². The maximum atomic E-state index is 12.4. The van der Waals surface area contributed by atoms with Crippen LogP contribution in [0.1, 0.15) is 20.3 Å². The van der Waals surface area contributed by atoms with Gasteiger partial charge in [0.15, 0.2) is 0 Å². The lowest BCUT2D eigenvalue weighted by Crippen LogP contribution is -2.38. The van der Waals surface area contributed by atoms with Crippen molar-refractivity contribution in [3.63, 3.8) is 0 Å². The van der Waals surface area contributed by atoms with Gasteiger partial charge in [0.1, 0.15) is 12.4 Å². The number of carbonyl (C=O) groups is 2. The van der Waals surface area contributed by atoms with Gasteiger partial charge in [0.05, 0.1) is 12.3 Å². The number of ether oxygens (including phenoxy) is 2. The van der Waals surface area contributed by atoms with Crippen LogP contribution < -0.4 is 15.4 Å². The minimum Gasteiger partial charge on any atom is -0.489 e. The molecule has 0 aromatic heterocycles. The number of likely N-dealkylation sites (tertiary alicyclic amines) is 1. The molecular formula is C17H25N3O4. The second-order valence-electron chi connectivity index (χ2n) is 5.60.